The Labute approximate surface area is 113 Å². The van der Waals surface area contributed by atoms with Crippen LogP contribution in [0.5, 0.6) is 5.75 Å². The molecule has 1 aliphatic rings. The van der Waals surface area contributed by atoms with Gasteiger partial charge in [-0.05, 0) is 48.9 Å². The van der Waals surface area contributed by atoms with Crippen LogP contribution in [0.4, 0.5) is 8.78 Å². The van der Waals surface area contributed by atoms with Crippen molar-refractivity contribution in [1.29, 1.82) is 0 Å². The smallest absolute Gasteiger partial charge is 0.387 e. The SMILES string of the molecule is CC(NCC1CC1(C)C)c1ccc(OC(F)F)cc1. The van der Waals surface area contributed by atoms with E-state index in [9.17, 15) is 8.78 Å². The van der Waals surface area contributed by atoms with Crippen LogP contribution in [0, 0.1) is 11.3 Å². The predicted molar refractivity (Wildman–Crippen MR) is 71.4 cm³/mol. The fraction of sp³-hybridized carbons (Fsp3) is 0.600. The zero-order valence-electron chi connectivity index (χ0n) is 11.6. The van der Waals surface area contributed by atoms with Crippen LogP contribution in [-0.2, 0) is 0 Å². The molecule has 1 aliphatic carbocycles. The van der Waals surface area contributed by atoms with Gasteiger partial charge in [0.05, 0.1) is 0 Å². The van der Waals surface area contributed by atoms with Gasteiger partial charge in [-0.25, -0.2) is 0 Å². The summed E-state index contributed by atoms with van der Waals surface area (Å²) in [4.78, 5) is 0. The zero-order valence-corrected chi connectivity index (χ0v) is 11.6. The van der Waals surface area contributed by atoms with Gasteiger partial charge in [0, 0.05) is 6.04 Å². The molecule has 1 aromatic rings. The summed E-state index contributed by atoms with van der Waals surface area (Å²) in [5.41, 5.74) is 1.56. The van der Waals surface area contributed by atoms with Crippen molar-refractivity contribution in [2.75, 3.05) is 6.54 Å². The minimum absolute atomic E-state index is 0.203. The van der Waals surface area contributed by atoms with Crippen molar-refractivity contribution in [3.63, 3.8) is 0 Å². The highest BCUT2D eigenvalue weighted by Crippen LogP contribution is 2.51. The highest BCUT2D eigenvalue weighted by molar-refractivity contribution is 5.29. The van der Waals surface area contributed by atoms with E-state index in [1.54, 1.807) is 12.1 Å². The molecule has 2 nitrogen and oxygen atoms in total. The molecule has 1 aromatic carbocycles. The second kappa shape index (κ2) is 5.45. The topological polar surface area (TPSA) is 21.3 Å². The molecule has 19 heavy (non-hydrogen) atoms. The number of ether oxygens (including phenoxy) is 1. The minimum atomic E-state index is -2.77. The second-order valence-corrected chi connectivity index (χ2v) is 5.97. The average molecular weight is 269 g/mol. The molecule has 0 heterocycles. The van der Waals surface area contributed by atoms with Crippen LogP contribution in [0.3, 0.4) is 0 Å². The first kappa shape index (κ1) is 14.3. The van der Waals surface area contributed by atoms with Crippen LogP contribution in [0.2, 0.25) is 0 Å². The molecule has 2 unspecified atom stereocenters. The third kappa shape index (κ3) is 3.90. The largest absolute Gasteiger partial charge is 0.435 e. The third-order valence-electron chi connectivity index (χ3n) is 3.99. The molecule has 1 N–H and O–H groups in total. The summed E-state index contributed by atoms with van der Waals surface area (Å²) in [5, 5.41) is 3.49. The van der Waals surface area contributed by atoms with Crippen molar-refractivity contribution in [2.45, 2.75) is 39.8 Å². The number of halogens is 2. The van der Waals surface area contributed by atoms with Crippen molar-refractivity contribution in [3.05, 3.63) is 29.8 Å². The Balaban J connectivity index is 1.83. The molecule has 0 aromatic heterocycles. The van der Waals surface area contributed by atoms with E-state index in [1.807, 2.05) is 12.1 Å². The summed E-state index contributed by atoms with van der Waals surface area (Å²) in [6.07, 6.45) is 1.27. The van der Waals surface area contributed by atoms with Gasteiger partial charge < -0.3 is 10.1 Å². The normalized spacial score (nSPS) is 22.3. The van der Waals surface area contributed by atoms with Crippen LogP contribution in [0.1, 0.15) is 38.8 Å². The van der Waals surface area contributed by atoms with E-state index in [-0.39, 0.29) is 11.8 Å². The summed E-state index contributed by atoms with van der Waals surface area (Å²) in [5.74, 6) is 0.950. The Morgan fingerprint density at radius 1 is 1.32 bits per heavy atom. The Hall–Kier alpha value is -1.16. The third-order valence-corrected chi connectivity index (χ3v) is 3.99. The molecule has 0 aliphatic heterocycles. The number of hydrogen-bond donors (Lipinski definition) is 1. The molecular formula is C15H21F2NO. The van der Waals surface area contributed by atoms with Crippen molar-refractivity contribution in [2.24, 2.45) is 11.3 Å². The molecular weight excluding hydrogens is 248 g/mol. The molecule has 0 radical (unpaired) electrons. The van der Waals surface area contributed by atoms with Gasteiger partial charge in [0.1, 0.15) is 5.75 Å². The number of nitrogens with one attached hydrogen (secondary N) is 1. The molecule has 0 saturated heterocycles. The highest BCUT2D eigenvalue weighted by atomic mass is 19.3. The number of rotatable bonds is 6. The Bertz CT molecular complexity index is 417. The first-order chi connectivity index (χ1) is 8.88. The molecule has 0 bridgehead atoms. The summed E-state index contributed by atoms with van der Waals surface area (Å²) in [6, 6.07) is 7.04. The standard InChI is InChI=1S/C15H21F2NO/c1-10(18-9-12-8-15(12,2)3)11-4-6-13(7-5-11)19-14(16)17/h4-7,10,12,14,18H,8-9H2,1-3H3. The van der Waals surface area contributed by atoms with E-state index in [4.69, 9.17) is 0 Å². The van der Waals surface area contributed by atoms with E-state index < -0.39 is 6.61 Å². The van der Waals surface area contributed by atoms with Gasteiger partial charge in [0.25, 0.3) is 0 Å². The van der Waals surface area contributed by atoms with Gasteiger partial charge >= 0.3 is 6.61 Å². The molecule has 1 saturated carbocycles. The number of alkyl halides is 2. The lowest BCUT2D eigenvalue weighted by Gasteiger charge is -2.15. The number of benzene rings is 1. The van der Waals surface area contributed by atoms with Crippen molar-refractivity contribution < 1.29 is 13.5 Å². The first-order valence-electron chi connectivity index (χ1n) is 6.66. The van der Waals surface area contributed by atoms with Gasteiger partial charge in [0.2, 0.25) is 0 Å². The molecule has 2 atom stereocenters. The van der Waals surface area contributed by atoms with Crippen LogP contribution < -0.4 is 10.1 Å². The molecule has 0 spiro atoms. The summed E-state index contributed by atoms with van der Waals surface area (Å²) >= 11 is 0. The molecule has 106 valence electrons. The van der Waals surface area contributed by atoms with Gasteiger partial charge in [-0.15, -0.1) is 0 Å². The van der Waals surface area contributed by atoms with Crippen molar-refractivity contribution in [3.8, 4) is 5.75 Å². The van der Waals surface area contributed by atoms with E-state index >= 15 is 0 Å². The summed E-state index contributed by atoms with van der Waals surface area (Å²) in [7, 11) is 0. The fourth-order valence-corrected chi connectivity index (χ4v) is 2.30. The Morgan fingerprint density at radius 3 is 2.37 bits per heavy atom. The molecule has 2 rings (SSSR count). The lowest BCUT2D eigenvalue weighted by atomic mass is 10.1. The Morgan fingerprint density at radius 2 is 1.89 bits per heavy atom. The van der Waals surface area contributed by atoms with E-state index in [0.717, 1.165) is 18.0 Å². The van der Waals surface area contributed by atoms with E-state index in [0.29, 0.717) is 5.41 Å². The van der Waals surface area contributed by atoms with Gasteiger partial charge in [0.15, 0.2) is 0 Å². The lowest BCUT2D eigenvalue weighted by molar-refractivity contribution is -0.0498. The minimum Gasteiger partial charge on any atom is -0.435 e. The lowest BCUT2D eigenvalue weighted by Crippen LogP contribution is -2.22. The van der Waals surface area contributed by atoms with Gasteiger partial charge in [-0.1, -0.05) is 26.0 Å². The zero-order chi connectivity index (χ0) is 14.0. The maximum Gasteiger partial charge on any atom is 0.387 e. The van der Waals surface area contributed by atoms with E-state index in [2.05, 4.69) is 30.8 Å². The maximum absolute atomic E-state index is 12.0. The van der Waals surface area contributed by atoms with Crippen LogP contribution in [0.15, 0.2) is 24.3 Å². The molecule has 4 heteroatoms. The van der Waals surface area contributed by atoms with Gasteiger partial charge in [-0.2, -0.15) is 8.78 Å². The summed E-state index contributed by atoms with van der Waals surface area (Å²) in [6.45, 7) is 4.88. The second-order valence-electron chi connectivity index (χ2n) is 5.97. The van der Waals surface area contributed by atoms with Crippen molar-refractivity contribution in [1.82, 2.24) is 5.32 Å². The number of hydrogen-bond acceptors (Lipinski definition) is 2. The quantitative estimate of drug-likeness (QED) is 0.843. The molecule has 1 fully saturated rings. The maximum atomic E-state index is 12.0. The monoisotopic (exact) mass is 269 g/mol. The van der Waals surface area contributed by atoms with Crippen molar-refractivity contribution >= 4 is 0 Å². The fourth-order valence-electron chi connectivity index (χ4n) is 2.30. The molecule has 0 amide bonds. The summed E-state index contributed by atoms with van der Waals surface area (Å²) < 4.78 is 28.4. The van der Waals surface area contributed by atoms with Crippen LogP contribution in [0.25, 0.3) is 0 Å². The average Bonchev–Trinajstić information content (AvgIpc) is 2.94. The predicted octanol–water partition coefficient (Wildman–Crippen LogP) is 3.98. The van der Waals surface area contributed by atoms with Crippen LogP contribution in [-0.4, -0.2) is 13.2 Å². The van der Waals surface area contributed by atoms with Crippen LogP contribution >= 0.6 is 0 Å². The highest BCUT2D eigenvalue weighted by Gasteiger charge is 2.44. The first-order valence-corrected chi connectivity index (χ1v) is 6.66. The van der Waals surface area contributed by atoms with Gasteiger partial charge in [-0.3, -0.25) is 0 Å². The Kier molecular flexibility index (Phi) is 4.09. The van der Waals surface area contributed by atoms with E-state index in [1.165, 1.54) is 6.42 Å².